The molecule has 1 atom stereocenters. The number of hydrogen-bond donors (Lipinski definition) is 3. The van der Waals surface area contributed by atoms with Crippen molar-refractivity contribution in [1.82, 2.24) is 10.6 Å². The first-order valence-electron chi connectivity index (χ1n) is 8.41. The zero-order valence-corrected chi connectivity index (χ0v) is 13.5. The van der Waals surface area contributed by atoms with E-state index in [2.05, 4.69) is 10.6 Å². The summed E-state index contributed by atoms with van der Waals surface area (Å²) in [5, 5.41) is 14.8. The van der Waals surface area contributed by atoms with Gasteiger partial charge in [0.2, 0.25) is 11.8 Å². The van der Waals surface area contributed by atoms with Crippen LogP contribution in [0, 0.1) is 5.92 Å². The molecule has 0 aromatic heterocycles. The highest BCUT2D eigenvalue weighted by molar-refractivity contribution is 5.85. The van der Waals surface area contributed by atoms with Crippen LogP contribution in [0.4, 0.5) is 0 Å². The lowest BCUT2D eigenvalue weighted by Gasteiger charge is -2.17. The molecule has 126 valence electrons. The van der Waals surface area contributed by atoms with Crippen molar-refractivity contribution in [2.45, 2.75) is 38.0 Å². The smallest absolute Gasteiger partial charge is 0.239 e. The average molecular weight is 318 g/mol. The van der Waals surface area contributed by atoms with Crippen molar-refractivity contribution >= 4 is 11.8 Å². The first-order valence-corrected chi connectivity index (χ1v) is 8.41. The van der Waals surface area contributed by atoms with Gasteiger partial charge < -0.3 is 15.7 Å². The zero-order chi connectivity index (χ0) is 16.5. The molecule has 0 saturated heterocycles. The number of rotatable bonds is 8. The highest BCUT2D eigenvalue weighted by atomic mass is 16.3. The molecule has 0 spiro atoms. The Labute approximate surface area is 137 Å². The molecule has 5 heteroatoms. The molecule has 1 unspecified atom stereocenters. The molecule has 1 fully saturated rings. The van der Waals surface area contributed by atoms with Crippen molar-refractivity contribution in [2.75, 3.05) is 19.7 Å². The zero-order valence-electron chi connectivity index (χ0n) is 13.5. The Bertz CT molecular complexity index is 498. The molecule has 23 heavy (non-hydrogen) atoms. The van der Waals surface area contributed by atoms with Gasteiger partial charge in [0.1, 0.15) is 0 Å². The molecule has 0 radical (unpaired) electrons. The molecule has 2 rings (SSSR count). The maximum absolute atomic E-state index is 11.9. The molecule has 1 aliphatic carbocycles. The average Bonchev–Trinajstić information content (AvgIpc) is 3.12. The Morgan fingerprint density at radius 2 is 1.83 bits per heavy atom. The van der Waals surface area contributed by atoms with Crippen LogP contribution in [-0.4, -0.2) is 36.6 Å². The molecule has 0 aliphatic heterocycles. The highest BCUT2D eigenvalue weighted by Crippen LogP contribution is 2.24. The first-order chi connectivity index (χ1) is 11.2. The van der Waals surface area contributed by atoms with E-state index in [1.54, 1.807) is 0 Å². The molecule has 1 saturated carbocycles. The topological polar surface area (TPSA) is 78.4 Å². The van der Waals surface area contributed by atoms with E-state index in [4.69, 9.17) is 0 Å². The van der Waals surface area contributed by atoms with Crippen molar-refractivity contribution in [1.29, 1.82) is 0 Å². The van der Waals surface area contributed by atoms with E-state index in [0.29, 0.717) is 13.0 Å². The first kappa shape index (κ1) is 17.5. The summed E-state index contributed by atoms with van der Waals surface area (Å²) in [5.74, 6) is -0.0345. The summed E-state index contributed by atoms with van der Waals surface area (Å²) in [6.07, 6.45) is 4.66. The number of nitrogens with one attached hydrogen (secondary N) is 2. The van der Waals surface area contributed by atoms with E-state index in [1.807, 2.05) is 30.3 Å². The standard InChI is InChI=1S/C18H26N2O3/c21-11-10-16(14-6-2-1-3-7-14)12-19-17(22)13-20-18(23)15-8-4-5-9-15/h1-3,6-7,15-16,21H,4-5,8-13H2,(H,19,22)(H,20,23). The number of benzene rings is 1. The van der Waals surface area contributed by atoms with Gasteiger partial charge in [0.05, 0.1) is 6.54 Å². The molecule has 3 N–H and O–H groups in total. The van der Waals surface area contributed by atoms with Crippen LogP contribution in [0.2, 0.25) is 0 Å². The third-order valence-electron chi connectivity index (χ3n) is 4.44. The van der Waals surface area contributed by atoms with Crippen LogP contribution in [0.3, 0.4) is 0 Å². The van der Waals surface area contributed by atoms with E-state index >= 15 is 0 Å². The summed E-state index contributed by atoms with van der Waals surface area (Å²) in [6.45, 7) is 0.562. The molecular formula is C18H26N2O3. The summed E-state index contributed by atoms with van der Waals surface area (Å²) in [5.41, 5.74) is 1.09. The third kappa shape index (κ3) is 5.67. The van der Waals surface area contributed by atoms with Crippen molar-refractivity contribution in [2.24, 2.45) is 5.92 Å². The quantitative estimate of drug-likeness (QED) is 0.681. The lowest BCUT2D eigenvalue weighted by atomic mass is 9.96. The molecule has 1 aromatic carbocycles. The van der Waals surface area contributed by atoms with E-state index in [9.17, 15) is 14.7 Å². The maximum Gasteiger partial charge on any atom is 0.239 e. The van der Waals surface area contributed by atoms with Crippen LogP contribution in [0.1, 0.15) is 43.6 Å². The Balaban J connectivity index is 1.74. The summed E-state index contributed by atoms with van der Waals surface area (Å²) in [6, 6.07) is 9.83. The Morgan fingerprint density at radius 1 is 1.13 bits per heavy atom. The molecule has 5 nitrogen and oxygen atoms in total. The van der Waals surface area contributed by atoms with E-state index in [-0.39, 0.29) is 36.8 Å². The lowest BCUT2D eigenvalue weighted by Crippen LogP contribution is -2.40. The number of carbonyl (C=O) groups is 2. The molecule has 1 aromatic rings. The number of amides is 2. The number of hydrogen-bond acceptors (Lipinski definition) is 3. The van der Waals surface area contributed by atoms with Gasteiger partial charge in [-0.15, -0.1) is 0 Å². The minimum absolute atomic E-state index is 0.00684. The molecule has 2 amide bonds. The fourth-order valence-corrected chi connectivity index (χ4v) is 3.07. The number of carbonyl (C=O) groups excluding carboxylic acids is 2. The van der Waals surface area contributed by atoms with Gasteiger partial charge in [0.15, 0.2) is 0 Å². The fraction of sp³-hybridized carbons (Fsp3) is 0.556. The predicted octanol–water partition coefficient (Wildman–Crippen LogP) is 1.58. The second-order valence-corrected chi connectivity index (χ2v) is 6.12. The lowest BCUT2D eigenvalue weighted by molar-refractivity contribution is -0.128. The third-order valence-corrected chi connectivity index (χ3v) is 4.44. The van der Waals surface area contributed by atoms with Crippen molar-refractivity contribution < 1.29 is 14.7 Å². The van der Waals surface area contributed by atoms with Crippen LogP contribution in [-0.2, 0) is 9.59 Å². The minimum Gasteiger partial charge on any atom is -0.396 e. The van der Waals surface area contributed by atoms with Gasteiger partial charge in [-0.05, 0) is 24.8 Å². The fourth-order valence-electron chi connectivity index (χ4n) is 3.07. The van der Waals surface area contributed by atoms with Gasteiger partial charge in [-0.2, -0.15) is 0 Å². The Kier molecular flexibility index (Phi) is 7.07. The van der Waals surface area contributed by atoms with Crippen LogP contribution in [0.5, 0.6) is 0 Å². The normalized spacial score (nSPS) is 16.0. The van der Waals surface area contributed by atoms with Gasteiger partial charge in [-0.3, -0.25) is 9.59 Å². The van der Waals surface area contributed by atoms with Crippen LogP contribution < -0.4 is 10.6 Å². The molecule has 0 bridgehead atoms. The number of aliphatic hydroxyl groups excluding tert-OH is 1. The van der Waals surface area contributed by atoms with Crippen LogP contribution in [0.15, 0.2) is 30.3 Å². The molecule has 0 heterocycles. The summed E-state index contributed by atoms with van der Waals surface area (Å²) >= 11 is 0. The molecular weight excluding hydrogens is 292 g/mol. The maximum atomic E-state index is 11.9. The predicted molar refractivity (Wildman–Crippen MR) is 88.9 cm³/mol. The summed E-state index contributed by atoms with van der Waals surface area (Å²) < 4.78 is 0. The SMILES string of the molecule is O=C(CNC(=O)C1CCCC1)NCC(CCO)c1ccccc1. The Morgan fingerprint density at radius 3 is 2.48 bits per heavy atom. The van der Waals surface area contributed by atoms with Gasteiger partial charge in [-0.1, -0.05) is 43.2 Å². The minimum atomic E-state index is -0.185. The van der Waals surface area contributed by atoms with Gasteiger partial charge >= 0.3 is 0 Å². The highest BCUT2D eigenvalue weighted by Gasteiger charge is 2.22. The van der Waals surface area contributed by atoms with Crippen molar-refractivity contribution in [3.8, 4) is 0 Å². The largest absolute Gasteiger partial charge is 0.396 e. The van der Waals surface area contributed by atoms with Crippen molar-refractivity contribution in [3.05, 3.63) is 35.9 Å². The van der Waals surface area contributed by atoms with E-state index in [1.165, 1.54) is 0 Å². The van der Waals surface area contributed by atoms with Gasteiger partial charge in [0, 0.05) is 25.0 Å². The summed E-state index contributed by atoms with van der Waals surface area (Å²) in [4.78, 5) is 23.8. The second kappa shape index (κ2) is 9.30. The second-order valence-electron chi connectivity index (χ2n) is 6.12. The van der Waals surface area contributed by atoms with Gasteiger partial charge in [0.25, 0.3) is 0 Å². The Hall–Kier alpha value is -1.88. The van der Waals surface area contributed by atoms with E-state index < -0.39 is 0 Å². The monoisotopic (exact) mass is 318 g/mol. The molecule has 1 aliphatic rings. The van der Waals surface area contributed by atoms with Gasteiger partial charge in [-0.25, -0.2) is 0 Å². The summed E-state index contributed by atoms with van der Waals surface area (Å²) in [7, 11) is 0. The number of aliphatic hydroxyl groups is 1. The van der Waals surface area contributed by atoms with Crippen LogP contribution >= 0.6 is 0 Å². The van der Waals surface area contributed by atoms with E-state index in [0.717, 1.165) is 31.2 Å². The van der Waals surface area contributed by atoms with Crippen molar-refractivity contribution in [3.63, 3.8) is 0 Å². The van der Waals surface area contributed by atoms with Crippen LogP contribution in [0.25, 0.3) is 0 Å².